The minimum absolute atomic E-state index is 0.719. The fraction of sp³-hybridized carbons (Fsp3) is 0. The number of halogens is 1. The second-order valence-electron chi connectivity index (χ2n) is 3.25. The molecule has 0 atom stereocenters. The highest BCUT2D eigenvalue weighted by Gasteiger charge is 2.04. The van der Waals surface area contributed by atoms with E-state index in [2.05, 4.69) is 16.4 Å². The van der Waals surface area contributed by atoms with E-state index in [0.29, 0.717) is 0 Å². The Bertz CT molecular complexity index is 598. The van der Waals surface area contributed by atoms with Gasteiger partial charge in [0.05, 0.1) is 10.7 Å². The van der Waals surface area contributed by atoms with Gasteiger partial charge in [-0.2, -0.15) is 11.3 Å². The molecule has 0 saturated heterocycles. The van der Waals surface area contributed by atoms with Crippen molar-refractivity contribution < 1.29 is 0 Å². The lowest BCUT2D eigenvalue weighted by atomic mass is 10.3. The van der Waals surface area contributed by atoms with Crippen LogP contribution in [0.2, 0.25) is 5.02 Å². The van der Waals surface area contributed by atoms with Gasteiger partial charge >= 0.3 is 0 Å². The van der Waals surface area contributed by atoms with Crippen molar-refractivity contribution in [3.8, 4) is 11.3 Å². The maximum Gasteiger partial charge on any atom is 0.137 e. The van der Waals surface area contributed by atoms with Crippen LogP contribution in [0.25, 0.3) is 16.9 Å². The number of hydrogen-bond acceptors (Lipinski definition) is 2. The van der Waals surface area contributed by atoms with Crippen molar-refractivity contribution in [3.05, 3.63) is 46.4 Å². The van der Waals surface area contributed by atoms with Crippen LogP contribution in [0.1, 0.15) is 0 Å². The molecule has 0 radical (unpaired) electrons. The van der Waals surface area contributed by atoms with Crippen LogP contribution in [0, 0.1) is 0 Å². The van der Waals surface area contributed by atoms with E-state index >= 15 is 0 Å². The van der Waals surface area contributed by atoms with Gasteiger partial charge in [-0.3, -0.25) is 0 Å². The molecule has 0 fully saturated rings. The normalized spacial score (nSPS) is 11.0. The Morgan fingerprint density at radius 2 is 2.13 bits per heavy atom. The standard InChI is InChI=1S/C11H7ClN2S/c12-9-1-2-11-13-10(6-14(11)5-9)8-3-4-15-7-8/h1-7H. The molecule has 3 rings (SSSR count). The summed E-state index contributed by atoms with van der Waals surface area (Å²) < 4.78 is 1.94. The molecule has 0 aromatic carbocycles. The Morgan fingerprint density at radius 1 is 1.20 bits per heavy atom. The van der Waals surface area contributed by atoms with Gasteiger partial charge in [0, 0.05) is 23.3 Å². The average Bonchev–Trinajstić information content (AvgIpc) is 2.84. The Balaban J connectivity index is 2.22. The molecule has 0 aliphatic carbocycles. The molecule has 0 bridgehead atoms. The van der Waals surface area contributed by atoms with E-state index < -0.39 is 0 Å². The second-order valence-corrected chi connectivity index (χ2v) is 4.47. The zero-order valence-electron chi connectivity index (χ0n) is 7.72. The third-order valence-corrected chi connectivity index (χ3v) is 3.14. The molecule has 15 heavy (non-hydrogen) atoms. The molecule has 3 aromatic heterocycles. The van der Waals surface area contributed by atoms with Crippen LogP contribution in [0.15, 0.2) is 41.4 Å². The number of nitrogens with zero attached hydrogens (tertiary/aromatic N) is 2. The quantitative estimate of drug-likeness (QED) is 0.627. The number of thiophene rings is 1. The average molecular weight is 235 g/mol. The number of aromatic nitrogens is 2. The van der Waals surface area contributed by atoms with Crippen LogP contribution >= 0.6 is 22.9 Å². The summed E-state index contributed by atoms with van der Waals surface area (Å²) in [5.41, 5.74) is 3.05. The van der Waals surface area contributed by atoms with Crippen molar-refractivity contribution in [2.75, 3.05) is 0 Å². The van der Waals surface area contributed by atoms with Gasteiger partial charge in [0.25, 0.3) is 0 Å². The van der Waals surface area contributed by atoms with Crippen molar-refractivity contribution in [1.82, 2.24) is 9.38 Å². The molecule has 3 aromatic rings. The van der Waals surface area contributed by atoms with Crippen LogP contribution < -0.4 is 0 Å². The fourth-order valence-electron chi connectivity index (χ4n) is 1.51. The Morgan fingerprint density at radius 3 is 2.93 bits per heavy atom. The minimum Gasteiger partial charge on any atom is -0.305 e. The molecule has 0 aliphatic rings. The first kappa shape index (κ1) is 8.95. The van der Waals surface area contributed by atoms with Crippen LogP contribution in [-0.2, 0) is 0 Å². The first-order chi connectivity index (χ1) is 7.33. The van der Waals surface area contributed by atoms with Crippen molar-refractivity contribution >= 4 is 28.6 Å². The zero-order valence-corrected chi connectivity index (χ0v) is 9.29. The SMILES string of the molecule is Clc1ccc2nc(-c3ccsc3)cn2c1. The number of pyridine rings is 1. The van der Waals surface area contributed by atoms with Gasteiger partial charge in [-0.1, -0.05) is 11.6 Å². The van der Waals surface area contributed by atoms with Gasteiger partial charge in [0.2, 0.25) is 0 Å². The van der Waals surface area contributed by atoms with E-state index in [9.17, 15) is 0 Å². The summed E-state index contributed by atoms with van der Waals surface area (Å²) in [6.07, 6.45) is 3.85. The lowest BCUT2D eigenvalue weighted by molar-refractivity contribution is 1.19. The maximum atomic E-state index is 5.91. The lowest BCUT2D eigenvalue weighted by Gasteiger charge is -1.91. The number of rotatable bonds is 1. The summed E-state index contributed by atoms with van der Waals surface area (Å²) in [7, 11) is 0. The minimum atomic E-state index is 0.719. The predicted molar refractivity (Wildman–Crippen MR) is 63.5 cm³/mol. The van der Waals surface area contributed by atoms with Crippen molar-refractivity contribution in [1.29, 1.82) is 0 Å². The molecular weight excluding hydrogens is 228 g/mol. The van der Waals surface area contributed by atoms with Gasteiger partial charge in [0.1, 0.15) is 5.65 Å². The summed E-state index contributed by atoms with van der Waals surface area (Å²) in [6.45, 7) is 0. The molecule has 0 amide bonds. The van der Waals surface area contributed by atoms with Crippen LogP contribution in [0.4, 0.5) is 0 Å². The first-order valence-electron chi connectivity index (χ1n) is 4.50. The predicted octanol–water partition coefficient (Wildman–Crippen LogP) is 3.72. The molecule has 0 saturated carbocycles. The van der Waals surface area contributed by atoms with Gasteiger partial charge in [0.15, 0.2) is 0 Å². The smallest absolute Gasteiger partial charge is 0.137 e. The highest BCUT2D eigenvalue weighted by molar-refractivity contribution is 7.08. The van der Waals surface area contributed by atoms with E-state index in [-0.39, 0.29) is 0 Å². The second kappa shape index (κ2) is 3.36. The van der Waals surface area contributed by atoms with E-state index in [1.54, 1.807) is 11.3 Å². The third kappa shape index (κ3) is 1.54. The Hall–Kier alpha value is -1.32. The first-order valence-corrected chi connectivity index (χ1v) is 5.82. The molecule has 0 aliphatic heterocycles. The Labute approximate surface area is 95.8 Å². The van der Waals surface area contributed by atoms with Gasteiger partial charge in [-0.05, 0) is 23.6 Å². The highest BCUT2D eigenvalue weighted by atomic mass is 35.5. The van der Waals surface area contributed by atoms with Crippen LogP contribution in [0.3, 0.4) is 0 Å². The van der Waals surface area contributed by atoms with Gasteiger partial charge in [-0.15, -0.1) is 0 Å². The van der Waals surface area contributed by atoms with Gasteiger partial charge in [-0.25, -0.2) is 4.98 Å². The summed E-state index contributed by atoms with van der Waals surface area (Å²) in [5, 5.41) is 4.85. The number of imidazole rings is 1. The van der Waals surface area contributed by atoms with E-state index in [1.165, 1.54) is 0 Å². The molecule has 0 unspecified atom stereocenters. The van der Waals surface area contributed by atoms with E-state index in [0.717, 1.165) is 21.9 Å². The van der Waals surface area contributed by atoms with Gasteiger partial charge < -0.3 is 4.40 Å². The summed E-state index contributed by atoms with van der Waals surface area (Å²) in [5.74, 6) is 0. The monoisotopic (exact) mass is 234 g/mol. The molecule has 4 heteroatoms. The molecule has 0 spiro atoms. The zero-order chi connectivity index (χ0) is 10.3. The third-order valence-electron chi connectivity index (χ3n) is 2.23. The molecular formula is C11H7ClN2S. The Kier molecular flexibility index (Phi) is 2.01. The topological polar surface area (TPSA) is 17.3 Å². The molecule has 74 valence electrons. The number of hydrogen-bond donors (Lipinski definition) is 0. The molecule has 3 heterocycles. The van der Waals surface area contributed by atoms with Crippen molar-refractivity contribution in [2.24, 2.45) is 0 Å². The molecule has 2 nitrogen and oxygen atoms in total. The largest absolute Gasteiger partial charge is 0.305 e. The number of fused-ring (bicyclic) bond motifs is 1. The van der Waals surface area contributed by atoms with Crippen LogP contribution in [-0.4, -0.2) is 9.38 Å². The summed E-state index contributed by atoms with van der Waals surface area (Å²) in [4.78, 5) is 4.51. The van der Waals surface area contributed by atoms with Crippen molar-refractivity contribution in [2.45, 2.75) is 0 Å². The maximum absolute atomic E-state index is 5.91. The van der Waals surface area contributed by atoms with Crippen molar-refractivity contribution in [3.63, 3.8) is 0 Å². The molecule has 0 N–H and O–H groups in total. The fourth-order valence-corrected chi connectivity index (χ4v) is 2.33. The summed E-state index contributed by atoms with van der Waals surface area (Å²) >= 11 is 7.58. The van der Waals surface area contributed by atoms with Crippen LogP contribution in [0.5, 0.6) is 0 Å². The summed E-state index contributed by atoms with van der Waals surface area (Å²) in [6, 6.07) is 5.83. The highest BCUT2D eigenvalue weighted by Crippen LogP contribution is 2.22. The lowest BCUT2D eigenvalue weighted by Crippen LogP contribution is -1.79. The van der Waals surface area contributed by atoms with E-state index in [4.69, 9.17) is 11.6 Å². The van der Waals surface area contributed by atoms with E-state index in [1.807, 2.05) is 34.3 Å².